The van der Waals surface area contributed by atoms with E-state index in [1.807, 2.05) is 0 Å². The maximum atomic E-state index is 12.2. The highest BCUT2D eigenvalue weighted by atomic mass is 16.5. The van der Waals surface area contributed by atoms with E-state index in [0.29, 0.717) is 28.2 Å². The van der Waals surface area contributed by atoms with Gasteiger partial charge in [0.15, 0.2) is 11.5 Å². The maximum absolute atomic E-state index is 12.2. The number of rotatable bonds is 8. The molecule has 152 valence electrons. The second-order valence-corrected chi connectivity index (χ2v) is 5.66. The number of carbonyl (C=O) groups excluding carboxylic acids is 3. The second kappa shape index (κ2) is 10.5. The van der Waals surface area contributed by atoms with Crippen molar-refractivity contribution in [2.45, 2.75) is 0 Å². The number of carbonyl (C=O) groups is 3. The van der Waals surface area contributed by atoms with Crippen LogP contribution in [0.2, 0.25) is 0 Å². The van der Waals surface area contributed by atoms with E-state index in [1.54, 1.807) is 36.4 Å². The monoisotopic (exact) mass is 399 g/mol. The minimum Gasteiger partial charge on any atom is -0.493 e. The standard InChI is InChI=1S/C20H21N3O6/c1-27-16-9-8-15(10-17(16)28-2)19(25)21-12-18(24)23-22-11-13-4-6-14(7-5-13)20(26)29-3/h4-11H,12H2,1-3H3,(H,21,25)(H,23,24)/b22-11-. The fraction of sp³-hybridized carbons (Fsp3) is 0.200. The number of nitrogens with one attached hydrogen (secondary N) is 2. The molecule has 0 aliphatic heterocycles. The van der Waals surface area contributed by atoms with E-state index < -0.39 is 17.8 Å². The van der Waals surface area contributed by atoms with Gasteiger partial charge >= 0.3 is 5.97 Å². The molecule has 2 aromatic rings. The lowest BCUT2D eigenvalue weighted by Crippen LogP contribution is -2.34. The maximum Gasteiger partial charge on any atom is 0.337 e. The number of hydrogen-bond acceptors (Lipinski definition) is 7. The average Bonchev–Trinajstić information content (AvgIpc) is 2.76. The van der Waals surface area contributed by atoms with E-state index >= 15 is 0 Å². The molecule has 0 aromatic heterocycles. The third-order valence-corrected chi connectivity index (χ3v) is 3.79. The molecule has 2 amide bonds. The van der Waals surface area contributed by atoms with Crippen LogP contribution in [-0.2, 0) is 9.53 Å². The van der Waals surface area contributed by atoms with Crippen molar-refractivity contribution in [2.24, 2.45) is 5.10 Å². The molecular weight excluding hydrogens is 378 g/mol. The summed E-state index contributed by atoms with van der Waals surface area (Å²) in [4.78, 5) is 35.4. The Balaban J connectivity index is 1.84. The summed E-state index contributed by atoms with van der Waals surface area (Å²) < 4.78 is 14.9. The molecule has 9 nitrogen and oxygen atoms in total. The van der Waals surface area contributed by atoms with Crippen molar-refractivity contribution in [3.63, 3.8) is 0 Å². The first-order chi connectivity index (χ1) is 14.0. The van der Waals surface area contributed by atoms with Crippen LogP contribution in [0, 0.1) is 0 Å². The molecule has 0 unspecified atom stereocenters. The van der Waals surface area contributed by atoms with Crippen LogP contribution in [0.5, 0.6) is 11.5 Å². The molecule has 0 aliphatic rings. The first-order valence-corrected chi connectivity index (χ1v) is 8.49. The van der Waals surface area contributed by atoms with Crippen molar-refractivity contribution in [1.29, 1.82) is 0 Å². The summed E-state index contributed by atoms with van der Waals surface area (Å²) in [5.74, 6) is -0.472. The van der Waals surface area contributed by atoms with Gasteiger partial charge in [-0.2, -0.15) is 5.10 Å². The van der Waals surface area contributed by atoms with Crippen molar-refractivity contribution in [1.82, 2.24) is 10.7 Å². The van der Waals surface area contributed by atoms with Crippen molar-refractivity contribution in [2.75, 3.05) is 27.9 Å². The van der Waals surface area contributed by atoms with Crippen molar-refractivity contribution in [3.05, 3.63) is 59.2 Å². The second-order valence-electron chi connectivity index (χ2n) is 5.66. The first kappa shape index (κ1) is 21.4. The first-order valence-electron chi connectivity index (χ1n) is 8.49. The molecule has 2 N–H and O–H groups in total. The zero-order chi connectivity index (χ0) is 21.2. The van der Waals surface area contributed by atoms with Gasteiger partial charge in [0.2, 0.25) is 0 Å². The van der Waals surface area contributed by atoms with Crippen molar-refractivity contribution in [3.8, 4) is 11.5 Å². The highest BCUT2D eigenvalue weighted by Crippen LogP contribution is 2.27. The van der Waals surface area contributed by atoms with E-state index in [1.165, 1.54) is 33.6 Å². The number of hydrogen-bond donors (Lipinski definition) is 2. The third-order valence-electron chi connectivity index (χ3n) is 3.79. The van der Waals surface area contributed by atoms with Gasteiger partial charge in [-0.25, -0.2) is 10.2 Å². The number of hydrazone groups is 1. The van der Waals surface area contributed by atoms with E-state index in [0.717, 1.165) is 0 Å². The van der Waals surface area contributed by atoms with Gasteiger partial charge in [-0.05, 0) is 35.9 Å². The van der Waals surface area contributed by atoms with Crippen LogP contribution in [0.3, 0.4) is 0 Å². The summed E-state index contributed by atoms with van der Waals surface area (Å²) in [5, 5.41) is 6.30. The van der Waals surface area contributed by atoms with E-state index in [-0.39, 0.29) is 6.54 Å². The summed E-state index contributed by atoms with van der Waals surface area (Å²) in [5.41, 5.74) is 3.71. The van der Waals surface area contributed by atoms with Gasteiger partial charge in [-0.1, -0.05) is 12.1 Å². The molecular formula is C20H21N3O6. The zero-order valence-corrected chi connectivity index (χ0v) is 16.2. The lowest BCUT2D eigenvalue weighted by atomic mass is 10.1. The van der Waals surface area contributed by atoms with Gasteiger partial charge in [0.1, 0.15) is 0 Å². The van der Waals surface area contributed by atoms with Crippen molar-refractivity contribution >= 4 is 24.0 Å². The van der Waals surface area contributed by atoms with Gasteiger partial charge in [0.25, 0.3) is 11.8 Å². The molecule has 2 rings (SSSR count). The van der Waals surface area contributed by atoms with Crippen LogP contribution in [0.1, 0.15) is 26.3 Å². The lowest BCUT2D eigenvalue weighted by Gasteiger charge is -2.09. The van der Waals surface area contributed by atoms with Gasteiger partial charge in [0.05, 0.1) is 39.7 Å². The molecule has 9 heteroatoms. The van der Waals surface area contributed by atoms with Crippen LogP contribution in [0.15, 0.2) is 47.6 Å². The molecule has 0 bridgehead atoms. The van der Waals surface area contributed by atoms with Crippen molar-refractivity contribution < 1.29 is 28.6 Å². The van der Waals surface area contributed by atoms with E-state index in [2.05, 4.69) is 20.6 Å². The van der Waals surface area contributed by atoms with Crippen LogP contribution in [0.4, 0.5) is 0 Å². The predicted octanol–water partition coefficient (Wildman–Crippen LogP) is 1.37. The molecule has 0 fully saturated rings. The number of ether oxygens (including phenoxy) is 3. The smallest absolute Gasteiger partial charge is 0.337 e. The molecule has 29 heavy (non-hydrogen) atoms. The highest BCUT2D eigenvalue weighted by Gasteiger charge is 2.11. The summed E-state index contributed by atoms with van der Waals surface area (Å²) in [6.45, 7) is -0.258. The Bertz CT molecular complexity index is 909. The SMILES string of the molecule is COC(=O)c1ccc(/C=N\NC(=O)CNC(=O)c2ccc(OC)c(OC)c2)cc1. The minimum atomic E-state index is -0.499. The van der Waals surface area contributed by atoms with E-state index in [9.17, 15) is 14.4 Å². The Labute approximate surface area is 167 Å². The quantitative estimate of drug-likeness (QED) is 0.394. The third kappa shape index (κ3) is 6.06. The molecule has 0 atom stereocenters. The van der Waals surface area contributed by atoms with Gasteiger partial charge in [0, 0.05) is 5.56 Å². The number of amides is 2. The summed E-state index contributed by atoms with van der Waals surface area (Å²) in [7, 11) is 4.26. The van der Waals surface area contributed by atoms with Gasteiger partial charge < -0.3 is 19.5 Å². The average molecular weight is 399 g/mol. The van der Waals surface area contributed by atoms with Gasteiger partial charge in [-0.3, -0.25) is 9.59 Å². The fourth-order valence-electron chi connectivity index (χ4n) is 2.28. The number of benzene rings is 2. The fourth-order valence-corrected chi connectivity index (χ4v) is 2.28. The van der Waals surface area contributed by atoms with E-state index in [4.69, 9.17) is 9.47 Å². The number of methoxy groups -OCH3 is 3. The Morgan fingerprint density at radius 1 is 0.931 bits per heavy atom. The molecule has 2 aromatic carbocycles. The van der Waals surface area contributed by atoms with Gasteiger partial charge in [-0.15, -0.1) is 0 Å². The summed E-state index contributed by atoms with van der Waals surface area (Å²) in [6.07, 6.45) is 1.41. The molecule has 0 heterocycles. The largest absolute Gasteiger partial charge is 0.493 e. The molecule has 0 spiro atoms. The molecule has 0 aliphatic carbocycles. The summed E-state index contributed by atoms with van der Waals surface area (Å²) >= 11 is 0. The predicted molar refractivity (Wildman–Crippen MR) is 105 cm³/mol. The highest BCUT2D eigenvalue weighted by molar-refractivity contribution is 5.97. The molecule has 0 saturated heterocycles. The van der Waals surface area contributed by atoms with Crippen LogP contribution in [0.25, 0.3) is 0 Å². The van der Waals surface area contributed by atoms with Crippen LogP contribution >= 0.6 is 0 Å². The Morgan fingerprint density at radius 2 is 1.59 bits per heavy atom. The Kier molecular flexibility index (Phi) is 7.72. The zero-order valence-electron chi connectivity index (χ0n) is 16.2. The Hall–Kier alpha value is -3.88. The number of nitrogens with zero attached hydrogens (tertiary/aromatic N) is 1. The van der Waals surface area contributed by atoms with Crippen LogP contribution < -0.4 is 20.2 Å². The number of esters is 1. The van der Waals surface area contributed by atoms with Crippen LogP contribution in [-0.4, -0.2) is 51.9 Å². The molecule has 0 radical (unpaired) electrons. The summed E-state index contributed by atoms with van der Waals surface area (Å²) in [6, 6.07) is 11.1. The lowest BCUT2D eigenvalue weighted by molar-refractivity contribution is -0.120. The Morgan fingerprint density at radius 3 is 2.21 bits per heavy atom. The normalized spacial score (nSPS) is 10.3. The molecule has 0 saturated carbocycles. The topological polar surface area (TPSA) is 115 Å². The minimum absolute atomic E-state index is 0.258.